The maximum atomic E-state index is 10.9. The molecule has 1 aromatic carbocycles. The van der Waals surface area contributed by atoms with Gasteiger partial charge in [0.1, 0.15) is 11.3 Å². The molecule has 0 atom stereocenters. The molecule has 26 heavy (non-hydrogen) atoms. The maximum Gasteiger partial charge on any atom is 0.335 e. The van der Waals surface area contributed by atoms with Gasteiger partial charge in [-0.15, -0.1) is 11.3 Å². The van der Waals surface area contributed by atoms with Gasteiger partial charge in [-0.2, -0.15) is 0 Å². The molecule has 4 aromatic rings. The summed E-state index contributed by atoms with van der Waals surface area (Å²) < 4.78 is 2.06. The van der Waals surface area contributed by atoms with Gasteiger partial charge in [-0.1, -0.05) is 6.07 Å². The standard InChI is InChI=1S/C19H16N4O2S/c1-11-3-8-16-20-12(2)17(23(16)9-11)15-10-26-19(22-15)21-14-6-4-13(5-7-14)18(24)25/h3-10H,1-2H3,(H,21,22)(H,24,25). The maximum absolute atomic E-state index is 10.9. The van der Waals surface area contributed by atoms with Crippen LogP contribution in [-0.2, 0) is 0 Å². The van der Waals surface area contributed by atoms with E-state index in [4.69, 9.17) is 5.11 Å². The zero-order valence-corrected chi connectivity index (χ0v) is 15.0. The minimum absolute atomic E-state index is 0.257. The van der Waals surface area contributed by atoms with Gasteiger partial charge in [-0.25, -0.2) is 14.8 Å². The van der Waals surface area contributed by atoms with E-state index in [2.05, 4.69) is 25.9 Å². The second-order valence-electron chi connectivity index (χ2n) is 6.03. The van der Waals surface area contributed by atoms with Crippen LogP contribution in [0, 0.1) is 13.8 Å². The van der Waals surface area contributed by atoms with Crippen LogP contribution in [0.25, 0.3) is 17.0 Å². The number of nitrogens with zero attached hydrogens (tertiary/aromatic N) is 3. The van der Waals surface area contributed by atoms with Crippen LogP contribution in [0.2, 0.25) is 0 Å². The lowest BCUT2D eigenvalue weighted by atomic mass is 10.2. The van der Waals surface area contributed by atoms with E-state index in [1.165, 1.54) is 11.3 Å². The van der Waals surface area contributed by atoms with E-state index in [1.54, 1.807) is 24.3 Å². The fourth-order valence-electron chi connectivity index (χ4n) is 2.84. The molecule has 0 radical (unpaired) electrons. The number of rotatable bonds is 4. The summed E-state index contributed by atoms with van der Waals surface area (Å²) in [5.41, 5.74) is 5.87. The average molecular weight is 364 g/mol. The molecule has 3 aromatic heterocycles. The highest BCUT2D eigenvalue weighted by Gasteiger charge is 2.14. The van der Waals surface area contributed by atoms with Gasteiger partial charge >= 0.3 is 5.97 Å². The number of carboxylic acids is 1. The molecule has 0 unspecified atom stereocenters. The Bertz CT molecular complexity index is 1110. The molecule has 7 heteroatoms. The first-order valence-electron chi connectivity index (χ1n) is 8.03. The van der Waals surface area contributed by atoms with Crippen molar-refractivity contribution in [2.24, 2.45) is 0 Å². The third-order valence-electron chi connectivity index (χ3n) is 4.07. The quantitative estimate of drug-likeness (QED) is 0.557. The predicted molar refractivity (Wildman–Crippen MR) is 102 cm³/mol. The van der Waals surface area contributed by atoms with Gasteiger partial charge in [-0.3, -0.25) is 4.40 Å². The van der Waals surface area contributed by atoms with Crippen LogP contribution in [0.15, 0.2) is 48.0 Å². The summed E-state index contributed by atoms with van der Waals surface area (Å²) in [6.45, 7) is 4.03. The third kappa shape index (κ3) is 2.93. The molecule has 0 aliphatic heterocycles. The van der Waals surface area contributed by atoms with Crippen LogP contribution in [0.5, 0.6) is 0 Å². The first-order valence-corrected chi connectivity index (χ1v) is 8.91. The van der Waals surface area contributed by atoms with Gasteiger partial charge in [0.15, 0.2) is 5.13 Å². The number of carbonyl (C=O) groups is 1. The fraction of sp³-hybridized carbons (Fsp3) is 0.105. The Morgan fingerprint density at radius 2 is 1.88 bits per heavy atom. The molecule has 0 saturated heterocycles. The minimum Gasteiger partial charge on any atom is -0.478 e. The second kappa shape index (κ2) is 6.27. The van der Waals surface area contributed by atoms with Crippen molar-refractivity contribution in [1.29, 1.82) is 0 Å². The zero-order chi connectivity index (χ0) is 18.3. The number of thiazole rings is 1. The molecule has 3 heterocycles. The topological polar surface area (TPSA) is 79.5 Å². The smallest absolute Gasteiger partial charge is 0.335 e. The monoisotopic (exact) mass is 364 g/mol. The Morgan fingerprint density at radius 3 is 2.62 bits per heavy atom. The summed E-state index contributed by atoms with van der Waals surface area (Å²) in [6.07, 6.45) is 2.06. The van der Waals surface area contributed by atoms with Gasteiger partial charge in [0.25, 0.3) is 0 Å². The Labute approximate surface area is 153 Å². The van der Waals surface area contributed by atoms with Crippen molar-refractivity contribution in [3.05, 3.63) is 64.8 Å². The molecule has 0 amide bonds. The van der Waals surface area contributed by atoms with Gasteiger partial charge in [0.05, 0.1) is 17.0 Å². The lowest BCUT2D eigenvalue weighted by molar-refractivity contribution is 0.0697. The highest BCUT2D eigenvalue weighted by Crippen LogP contribution is 2.30. The number of anilines is 2. The van der Waals surface area contributed by atoms with E-state index in [1.807, 2.05) is 31.4 Å². The molecular weight excluding hydrogens is 348 g/mol. The van der Waals surface area contributed by atoms with Gasteiger partial charge in [-0.05, 0) is 49.7 Å². The van der Waals surface area contributed by atoms with Crippen LogP contribution in [0.3, 0.4) is 0 Å². The van der Waals surface area contributed by atoms with Crippen LogP contribution in [0.1, 0.15) is 21.6 Å². The molecule has 4 rings (SSSR count). The van der Waals surface area contributed by atoms with E-state index in [9.17, 15) is 4.79 Å². The lowest BCUT2D eigenvalue weighted by Gasteiger charge is -2.03. The Hall–Kier alpha value is -3.19. The molecule has 0 bridgehead atoms. The van der Waals surface area contributed by atoms with Crippen LogP contribution in [0.4, 0.5) is 10.8 Å². The van der Waals surface area contributed by atoms with Gasteiger partial charge < -0.3 is 10.4 Å². The molecular formula is C19H16N4O2S. The summed E-state index contributed by atoms with van der Waals surface area (Å²) >= 11 is 1.49. The van der Waals surface area contributed by atoms with Crippen molar-refractivity contribution < 1.29 is 9.90 Å². The number of pyridine rings is 1. The molecule has 6 nitrogen and oxygen atoms in total. The second-order valence-corrected chi connectivity index (χ2v) is 6.88. The largest absolute Gasteiger partial charge is 0.478 e. The van der Waals surface area contributed by atoms with Crippen LogP contribution >= 0.6 is 11.3 Å². The molecule has 2 N–H and O–H groups in total. The van der Waals surface area contributed by atoms with Gasteiger partial charge in [0, 0.05) is 17.3 Å². The SMILES string of the molecule is Cc1ccc2nc(C)c(-c3csc(Nc4ccc(C(=O)O)cc4)n3)n2c1. The number of aryl methyl sites for hydroxylation is 2. The normalized spacial score (nSPS) is 11.0. The number of aromatic carboxylic acids is 1. The number of aromatic nitrogens is 3. The highest BCUT2D eigenvalue weighted by atomic mass is 32.1. The molecule has 0 aliphatic carbocycles. The average Bonchev–Trinajstić information content (AvgIpc) is 3.18. The van der Waals surface area contributed by atoms with E-state index < -0.39 is 5.97 Å². The van der Waals surface area contributed by atoms with Crippen molar-refractivity contribution in [3.8, 4) is 11.4 Å². The number of hydrogen-bond donors (Lipinski definition) is 2. The molecule has 130 valence electrons. The van der Waals surface area contributed by atoms with Crippen molar-refractivity contribution in [1.82, 2.24) is 14.4 Å². The Balaban J connectivity index is 1.65. The van der Waals surface area contributed by atoms with Crippen LogP contribution < -0.4 is 5.32 Å². The van der Waals surface area contributed by atoms with E-state index >= 15 is 0 Å². The number of hydrogen-bond acceptors (Lipinski definition) is 5. The summed E-state index contributed by atoms with van der Waals surface area (Å²) in [4.78, 5) is 20.2. The van der Waals surface area contributed by atoms with E-state index in [0.717, 1.165) is 39.1 Å². The Morgan fingerprint density at radius 1 is 1.12 bits per heavy atom. The molecule has 0 saturated carbocycles. The minimum atomic E-state index is -0.938. The Kier molecular flexibility index (Phi) is 3.93. The first kappa shape index (κ1) is 16.3. The van der Waals surface area contributed by atoms with Crippen molar-refractivity contribution in [3.63, 3.8) is 0 Å². The first-order chi connectivity index (χ1) is 12.5. The van der Waals surface area contributed by atoms with Crippen molar-refractivity contribution in [2.75, 3.05) is 5.32 Å². The summed E-state index contributed by atoms with van der Waals surface area (Å²) in [5.74, 6) is -0.938. The predicted octanol–water partition coefficient (Wildman–Crippen LogP) is 4.52. The summed E-state index contributed by atoms with van der Waals surface area (Å²) in [6, 6.07) is 10.6. The number of carboxylic acid groups (broad SMARTS) is 1. The summed E-state index contributed by atoms with van der Waals surface area (Å²) in [7, 11) is 0. The highest BCUT2D eigenvalue weighted by molar-refractivity contribution is 7.14. The van der Waals surface area contributed by atoms with Crippen LogP contribution in [-0.4, -0.2) is 25.4 Å². The molecule has 0 fully saturated rings. The number of benzene rings is 1. The van der Waals surface area contributed by atoms with E-state index in [-0.39, 0.29) is 5.56 Å². The van der Waals surface area contributed by atoms with Crippen molar-refractivity contribution >= 4 is 33.8 Å². The van der Waals surface area contributed by atoms with E-state index in [0.29, 0.717) is 0 Å². The molecule has 0 aliphatic rings. The lowest BCUT2D eigenvalue weighted by Crippen LogP contribution is -1.96. The fourth-order valence-corrected chi connectivity index (χ4v) is 3.55. The number of imidazole rings is 1. The summed E-state index contributed by atoms with van der Waals surface area (Å²) in [5, 5.41) is 14.9. The van der Waals surface area contributed by atoms with Gasteiger partial charge in [0.2, 0.25) is 0 Å². The number of nitrogens with one attached hydrogen (secondary N) is 1. The zero-order valence-electron chi connectivity index (χ0n) is 14.2. The number of fused-ring (bicyclic) bond motifs is 1. The molecule has 0 spiro atoms. The third-order valence-corrected chi connectivity index (χ3v) is 4.83. The van der Waals surface area contributed by atoms with Crippen molar-refractivity contribution in [2.45, 2.75) is 13.8 Å².